The highest BCUT2D eigenvalue weighted by molar-refractivity contribution is 5.82. The first-order valence-corrected chi connectivity index (χ1v) is 5.46. The van der Waals surface area contributed by atoms with Gasteiger partial charge in [-0.25, -0.2) is 0 Å². The van der Waals surface area contributed by atoms with Crippen LogP contribution >= 0.6 is 0 Å². The number of rotatable bonds is 5. The maximum absolute atomic E-state index is 12.5. The molecular formula is C13H14F3NO. The second-order valence-corrected chi connectivity index (χ2v) is 3.75. The number of hydrogen-bond donors (Lipinski definition) is 1. The molecule has 1 rings (SSSR count). The summed E-state index contributed by atoms with van der Waals surface area (Å²) in [5, 5.41) is 2.92. The fourth-order valence-corrected chi connectivity index (χ4v) is 1.44. The molecule has 0 saturated heterocycles. The van der Waals surface area contributed by atoms with Crippen LogP contribution < -0.4 is 5.32 Å². The highest BCUT2D eigenvalue weighted by atomic mass is 19.4. The van der Waals surface area contributed by atoms with Gasteiger partial charge in [0.15, 0.2) is 6.29 Å². The molecule has 5 heteroatoms. The lowest BCUT2D eigenvalue weighted by Gasteiger charge is -2.08. The molecule has 1 N–H and O–H groups in total. The summed E-state index contributed by atoms with van der Waals surface area (Å²) in [6.07, 6.45) is 0.118. The van der Waals surface area contributed by atoms with E-state index in [4.69, 9.17) is 0 Å². The van der Waals surface area contributed by atoms with Gasteiger partial charge < -0.3 is 5.32 Å². The lowest BCUT2D eigenvalue weighted by Crippen LogP contribution is -2.06. The molecule has 0 aliphatic rings. The van der Waals surface area contributed by atoms with Crippen LogP contribution in [0.1, 0.15) is 27.9 Å². The Kier molecular flexibility index (Phi) is 5.09. The van der Waals surface area contributed by atoms with Crippen LogP contribution in [0.15, 0.2) is 24.3 Å². The van der Waals surface area contributed by atoms with Crippen molar-refractivity contribution in [3.8, 4) is 0 Å². The van der Waals surface area contributed by atoms with E-state index in [0.717, 1.165) is 18.7 Å². The number of halogens is 3. The zero-order valence-electron chi connectivity index (χ0n) is 9.92. The topological polar surface area (TPSA) is 29.1 Å². The molecule has 0 aromatic heterocycles. The number of carbonyl (C=O) groups is 1. The van der Waals surface area contributed by atoms with Crippen LogP contribution in [-0.2, 0) is 6.18 Å². The van der Waals surface area contributed by atoms with E-state index < -0.39 is 11.7 Å². The summed E-state index contributed by atoms with van der Waals surface area (Å²) in [7, 11) is 1.79. The molecule has 0 saturated carbocycles. The Bertz CT molecular complexity index is 438. The van der Waals surface area contributed by atoms with Gasteiger partial charge in [-0.05, 0) is 37.7 Å². The third-order valence-electron chi connectivity index (χ3n) is 2.40. The summed E-state index contributed by atoms with van der Waals surface area (Å²) in [4.78, 5) is 10.7. The highest BCUT2D eigenvalue weighted by Crippen LogP contribution is 2.30. The maximum Gasteiger partial charge on any atom is 0.416 e. The lowest BCUT2D eigenvalue weighted by atomic mass is 10.0. The number of aldehydes is 1. The van der Waals surface area contributed by atoms with Crippen molar-refractivity contribution in [2.24, 2.45) is 0 Å². The van der Waals surface area contributed by atoms with E-state index >= 15 is 0 Å². The van der Waals surface area contributed by atoms with Crippen molar-refractivity contribution < 1.29 is 18.0 Å². The number of carbonyl (C=O) groups excluding carboxylic acids is 1. The van der Waals surface area contributed by atoms with Gasteiger partial charge in [0, 0.05) is 5.56 Å². The minimum atomic E-state index is -4.39. The van der Waals surface area contributed by atoms with Crippen LogP contribution in [0.2, 0.25) is 0 Å². The second-order valence-electron chi connectivity index (χ2n) is 3.75. The molecule has 98 valence electrons. The summed E-state index contributed by atoms with van der Waals surface area (Å²) < 4.78 is 37.6. The summed E-state index contributed by atoms with van der Waals surface area (Å²) in [6, 6.07) is 3.09. The molecule has 0 radical (unpaired) electrons. The normalized spacial score (nSPS) is 12.0. The monoisotopic (exact) mass is 257 g/mol. The van der Waals surface area contributed by atoms with Crippen molar-refractivity contribution in [3.63, 3.8) is 0 Å². The highest BCUT2D eigenvalue weighted by Gasteiger charge is 2.30. The summed E-state index contributed by atoms with van der Waals surface area (Å²) in [5.74, 6) is 0. The predicted molar refractivity (Wildman–Crippen MR) is 64.4 cm³/mol. The minimum Gasteiger partial charge on any atom is -0.319 e. The first-order valence-electron chi connectivity index (χ1n) is 5.46. The van der Waals surface area contributed by atoms with E-state index in [1.807, 2.05) is 0 Å². The standard InChI is InChI=1S/C13H14F3NO/c1-17-7-3-2-4-10-8-12(13(14,15)16)6-5-11(10)9-18/h2,4-6,8-9,17H,3,7H2,1H3. The van der Waals surface area contributed by atoms with Gasteiger partial charge in [-0.3, -0.25) is 4.79 Å². The van der Waals surface area contributed by atoms with Crippen LogP contribution in [0, 0.1) is 0 Å². The lowest BCUT2D eigenvalue weighted by molar-refractivity contribution is -0.137. The number of alkyl halides is 3. The smallest absolute Gasteiger partial charge is 0.319 e. The van der Waals surface area contributed by atoms with E-state index in [9.17, 15) is 18.0 Å². The average molecular weight is 257 g/mol. The summed E-state index contributed by atoms with van der Waals surface area (Å²) >= 11 is 0. The third kappa shape index (κ3) is 4.00. The van der Waals surface area contributed by atoms with Crippen LogP contribution in [0.3, 0.4) is 0 Å². The Balaban J connectivity index is 2.99. The van der Waals surface area contributed by atoms with Gasteiger partial charge in [0.05, 0.1) is 5.56 Å². The van der Waals surface area contributed by atoms with Gasteiger partial charge in [0.2, 0.25) is 0 Å². The van der Waals surface area contributed by atoms with Gasteiger partial charge in [-0.1, -0.05) is 18.2 Å². The Morgan fingerprint density at radius 2 is 2.00 bits per heavy atom. The number of benzene rings is 1. The number of nitrogens with one attached hydrogen (secondary N) is 1. The molecule has 0 atom stereocenters. The summed E-state index contributed by atoms with van der Waals surface area (Å²) in [5.41, 5.74) is -0.207. The van der Waals surface area contributed by atoms with Crippen LogP contribution in [0.4, 0.5) is 13.2 Å². The Hall–Kier alpha value is -1.62. The SMILES string of the molecule is CNCCC=Cc1cc(C(F)(F)F)ccc1C=O. The molecule has 0 fully saturated rings. The van der Waals surface area contributed by atoms with Crippen molar-refractivity contribution in [3.05, 3.63) is 41.0 Å². The molecule has 0 unspecified atom stereocenters. The summed E-state index contributed by atoms with van der Waals surface area (Å²) in [6.45, 7) is 0.728. The zero-order valence-corrected chi connectivity index (χ0v) is 9.92. The first-order chi connectivity index (χ1) is 8.49. The van der Waals surface area contributed by atoms with Crippen molar-refractivity contribution in [2.45, 2.75) is 12.6 Å². The third-order valence-corrected chi connectivity index (χ3v) is 2.40. The van der Waals surface area contributed by atoms with Crippen molar-refractivity contribution in [1.29, 1.82) is 0 Å². The van der Waals surface area contributed by atoms with E-state index in [2.05, 4.69) is 5.32 Å². The Morgan fingerprint density at radius 1 is 1.28 bits per heavy atom. The second kappa shape index (κ2) is 6.35. The van der Waals surface area contributed by atoms with Crippen molar-refractivity contribution in [2.75, 3.05) is 13.6 Å². The van der Waals surface area contributed by atoms with E-state index in [1.54, 1.807) is 13.1 Å². The van der Waals surface area contributed by atoms with Crippen LogP contribution in [0.5, 0.6) is 0 Å². The van der Waals surface area contributed by atoms with Crippen LogP contribution in [-0.4, -0.2) is 19.9 Å². The molecule has 0 amide bonds. The molecule has 0 spiro atoms. The number of hydrogen-bond acceptors (Lipinski definition) is 2. The van der Waals surface area contributed by atoms with Gasteiger partial charge in [-0.2, -0.15) is 13.2 Å². The van der Waals surface area contributed by atoms with Crippen molar-refractivity contribution >= 4 is 12.4 Å². The zero-order chi connectivity index (χ0) is 13.6. The molecule has 0 aliphatic heterocycles. The maximum atomic E-state index is 12.5. The molecule has 2 nitrogen and oxygen atoms in total. The fraction of sp³-hybridized carbons (Fsp3) is 0.308. The minimum absolute atomic E-state index is 0.253. The van der Waals surface area contributed by atoms with E-state index in [-0.39, 0.29) is 11.1 Å². The molecule has 0 aliphatic carbocycles. The van der Waals surface area contributed by atoms with Gasteiger partial charge in [-0.15, -0.1) is 0 Å². The van der Waals surface area contributed by atoms with Crippen LogP contribution in [0.25, 0.3) is 6.08 Å². The van der Waals surface area contributed by atoms with Gasteiger partial charge in [0.25, 0.3) is 0 Å². The van der Waals surface area contributed by atoms with Gasteiger partial charge in [0.1, 0.15) is 0 Å². The van der Waals surface area contributed by atoms with Crippen molar-refractivity contribution in [1.82, 2.24) is 5.32 Å². The molecule has 0 bridgehead atoms. The molecule has 18 heavy (non-hydrogen) atoms. The fourth-order valence-electron chi connectivity index (χ4n) is 1.44. The first kappa shape index (κ1) is 14.4. The molecular weight excluding hydrogens is 243 g/mol. The van der Waals surface area contributed by atoms with E-state index in [0.29, 0.717) is 12.7 Å². The Morgan fingerprint density at radius 3 is 2.56 bits per heavy atom. The van der Waals surface area contributed by atoms with E-state index in [1.165, 1.54) is 12.1 Å². The predicted octanol–water partition coefficient (Wildman–Crippen LogP) is 3.14. The molecule has 0 heterocycles. The largest absolute Gasteiger partial charge is 0.416 e. The Labute approximate surface area is 104 Å². The quantitative estimate of drug-likeness (QED) is 0.648. The van der Waals surface area contributed by atoms with Gasteiger partial charge >= 0.3 is 6.18 Å². The molecule has 1 aromatic carbocycles. The molecule has 1 aromatic rings. The average Bonchev–Trinajstić information content (AvgIpc) is 2.33.